The van der Waals surface area contributed by atoms with Crippen LogP contribution in [-0.4, -0.2) is 11.8 Å². The van der Waals surface area contributed by atoms with E-state index < -0.39 is 0 Å². The predicted molar refractivity (Wildman–Crippen MR) is 72.3 cm³/mol. The van der Waals surface area contributed by atoms with Gasteiger partial charge in [-0.05, 0) is 29.7 Å². The Balaban J connectivity index is 2.71. The van der Waals surface area contributed by atoms with Crippen LogP contribution in [0, 0.1) is 5.41 Å². The lowest BCUT2D eigenvalue weighted by atomic mass is 9.92. The molecule has 1 nitrogen and oxygen atoms in total. The highest BCUT2D eigenvalue weighted by Gasteiger charge is 2.23. The molecule has 15 heavy (non-hydrogen) atoms. The Labute approximate surface area is 105 Å². The normalized spacial score (nSPS) is 13.9. The van der Waals surface area contributed by atoms with Gasteiger partial charge in [-0.25, -0.2) is 0 Å². The summed E-state index contributed by atoms with van der Waals surface area (Å²) < 4.78 is 1.12. The first kappa shape index (κ1) is 13.1. The maximum Gasteiger partial charge on any atom is 0.0265 e. The third-order valence-corrected chi connectivity index (χ3v) is 4.53. The SMILES string of the molecule is CC(C)(C)C(CN)Sc1ccc(Br)cc1. The minimum absolute atomic E-state index is 0.243. The monoisotopic (exact) mass is 287 g/mol. The fraction of sp³-hybridized carbons (Fsp3) is 0.500. The largest absolute Gasteiger partial charge is 0.329 e. The van der Waals surface area contributed by atoms with Gasteiger partial charge in [0.25, 0.3) is 0 Å². The summed E-state index contributed by atoms with van der Waals surface area (Å²) in [6, 6.07) is 8.39. The van der Waals surface area contributed by atoms with Crippen LogP contribution in [0.3, 0.4) is 0 Å². The second-order valence-corrected chi connectivity index (χ2v) is 6.85. The summed E-state index contributed by atoms with van der Waals surface area (Å²) in [7, 11) is 0. The molecule has 0 amide bonds. The van der Waals surface area contributed by atoms with Crippen molar-refractivity contribution in [1.82, 2.24) is 0 Å². The first-order chi connectivity index (χ1) is 6.93. The van der Waals surface area contributed by atoms with Gasteiger partial charge < -0.3 is 5.73 Å². The molecule has 0 aliphatic heterocycles. The van der Waals surface area contributed by atoms with Crippen LogP contribution >= 0.6 is 27.7 Å². The van der Waals surface area contributed by atoms with Crippen LogP contribution in [0.1, 0.15) is 20.8 Å². The molecule has 0 fully saturated rings. The number of hydrogen-bond donors (Lipinski definition) is 1. The highest BCUT2D eigenvalue weighted by molar-refractivity contribution is 9.10. The Morgan fingerprint density at radius 3 is 2.20 bits per heavy atom. The molecule has 1 atom stereocenters. The van der Waals surface area contributed by atoms with E-state index in [-0.39, 0.29) is 5.41 Å². The average molecular weight is 288 g/mol. The summed E-state index contributed by atoms with van der Waals surface area (Å²) in [5, 5.41) is 0.457. The van der Waals surface area contributed by atoms with Gasteiger partial charge in [0.15, 0.2) is 0 Å². The minimum atomic E-state index is 0.243. The van der Waals surface area contributed by atoms with Crippen molar-refractivity contribution in [2.24, 2.45) is 11.1 Å². The molecular weight excluding hydrogens is 270 g/mol. The second-order valence-electron chi connectivity index (χ2n) is 4.66. The van der Waals surface area contributed by atoms with Gasteiger partial charge in [-0.1, -0.05) is 36.7 Å². The molecular formula is C12H18BrNS. The molecule has 0 aromatic heterocycles. The quantitative estimate of drug-likeness (QED) is 0.853. The summed E-state index contributed by atoms with van der Waals surface area (Å²) in [4.78, 5) is 1.28. The number of hydrogen-bond acceptors (Lipinski definition) is 2. The molecule has 0 radical (unpaired) electrons. The number of benzene rings is 1. The predicted octanol–water partition coefficient (Wildman–Crippen LogP) is 3.91. The third kappa shape index (κ3) is 4.17. The van der Waals surface area contributed by atoms with Gasteiger partial charge in [-0.2, -0.15) is 0 Å². The van der Waals surface area contributed by atoms with Crippen LogP contribution in [0.15, 0.2) is 33.6 Å². The van der Waals surface area contributed by atoms with E-state index >= 15 is 0 Å². The Hall–Kier alpha value is 0.01000. The molecule has 1 rings (SSSR count). The number of halogens is 1. The second kappa shape index (κ2) is 5.37. The molecule has 1 aromatic carbocycles. The van der Waals surface area contributed by atoms with Gasteiger partial charge in [0, 0.05) is 21.2 Å². The smallest absolute Gasteiger partial charge is 0.0265 e. The Morgan fingerprint density at radius 2 is 1.80 bits per heavy atom. The molecule has 3 heteroatoms. The van der Waals surface area contributed by atoms with Crippen molar-refractivity contribution in [2.75, 3.05) is 6.54 Å². The number of nitrogens with two attached hydrogens (primary N) is 1. The van der Waals surface area contributed by atoms with Crippen molar-refractivity contribution in [3.8, 4) is 0 Å². The van der Waals surface area contributed by atoms with Crippen LogP contribution in [0.2, 0.25) is 0 Å². The van der Waals surface area contributed by atoms with E-state index in [9.17, 15) is 0 Å². The third-order valence-electron chi connectivity index (χ3n) is 2.27. The molecule has 1 aromatic rings. The molecule has 2 N–H and O–H groups in total. The van der Waals surface area contributed by atoms with Crippen molar-refractivity contribution < 1.29 is 0 Å². The molecule has 0 saturated heterocycles. The highest BCUT2D eigenvalue weighted by Crippen LogP contribution is 2.34. The van der Waals surface area contributed by atoms with Gasteiger partial charge >= 0.3 is 0 Å². The topological polar surface area (TPSA) is 26.0 Å². The minimum Gasteiger partial charge on any atom is -0.329 e. The van der Waals surface area contributed by atoms with E-state index in [1.807, 2.05) is 11.8 Å². The average Bonchev–Trinajstić information content (AvgIpc) is 2.15. The van der Waals surface area contributed by atoms with Crippen molar-refractivity contribution in [3.05, 3.63) is 28.7 Å². The van der Waals surface area contributed by atoms with Crippen LogP contribution in [-0.2, 0) is 0 Å². The zero-order valence-corrected chi connectivity index (χ0v) is 11.9. The standard InChI is InChI=1S/C12H18BrNS/c1-12(2,3)11(8-14)15-10-6-4-9(13)5-7-10/h4-7,11H,8,14H2,1-3H3. The summed E-state index contributed by atoms with van der Waals surface area (Å²) in [5.41, 5.74) is 6.05. The Bertz CT molecular complexity index is 302. The molecule has 0 bridgehead atoms. The lowest BCUT2D eigenvalue weighted by Gasteiger charge is -2.28. The van der Waals surface area contributed by atoms with Gasteiger partial charge in [0.2, 0.25) is 0 Å². The summed E-state index contributed by atoms with van der Waals surface area (Å²) in [6.07, 6.45) is 0. The zero-order valence-electron chi connectivity index (χ0n) is 9.46. The highest BCUT2D eigenvalue weighted by atomic mass is 79.9. The van der Waals surface area contributed by atoms with Crippen LogP contribution in [0.5, 0.6) is 0 Å². The van der Waals surface area contributed by atoms with Gasteiger partial charge in [0.1, 0.15) is 0 Å². The van der Waals surface area contributed by atoms with Crippen molar-refractivity contribution in [1.29, 1.82) is 0 Å². The number of rotatable bonds is 3. The molecule has 0 aliphatic carbocycles. The molecule has 0 saturated carbocycles. The van der Waals surface area contributed by atoms with Crippen molar-refractivity contribution in [3.63, 3.8) is 0 Å². The molecule has 0 spiro atoms. The van der Waals surface area contributed by atoms with E-state index in [2.05, 4.69) is 61.0 Å². The van der Waals surface area contributed by atoms with Crippen LogP contribution < -0.4 is 5.73 Å². The Kier molecular flexibility index (Phi) is 4.68. The van der Waals surface area contributed by atoms with E-state index in [0.717, 1.165) is 4.47 Å². The summed E-state index contributed by atoms with van der Waals surface area (Å²) in [6.45, 7) is 7.41. The molecule has 84 valence electrons. The maximum atomic E-state index is 5.81. The maximum absolute atomic E-state index is 5.81. The van der Waals surface area contributed by atoms with Crippen molar-refractivity contribution in [2.45, 2.75) is 30.9 Å². The fourth-order valence-electron chi connectivity index (χ4n) is 1.26. The lowest BCUT2D eigenvalue weighted by molar-refractivity contribution is 0.398. The van der Waals surface area contributed by atoms with Crippen LogP contribution in [0.4, 0.5) is 0 Å². The molecule has 1 unspecified atom stereocenters. The van der Waals surface area contributed by atoms with E-state index in [1.54, 1.807) is 0 Å². The van der Waals surface area contributed by atoms with Crippen LogP contribution in [0.25, 0.3) is 0 Å². The summed E-state index contributed by atoms with van der Waals surface area (Å²) >= 11 is 5.29. The zero-order chi connectivity index (χ0) is 11.5. The molecule has 0 heterocycles. The first-order valence-corrected chi connectivity index (χ1v) is 6.73. The van der Waals surface area contributed by atoms with Crippen molar-refractivity contribution >= 4 is 27.7 Å². The summed E-state index contributed by atoms with van der Waals surface area (Å²) in [5.74, 6) is 0. The lowest BCUT2D eigenvalue weighted by Crippen LogP contribution is -2.30. The van der Waals surface area contributed by atoms with Gasteiger partial charge in [-0.15, -0.1) is 11.8 Å². The molecule has 0 aliphatic rings. The fourth-order valence-corrected chi connectivity index (χ4v) is 2.59. The first-order valence-electron chi connectivity index (χ1n) is 5.06. The van der Waals surface area contributed by atoms with E-state index in [4.69, 9.17) is 5.73 Å². The van der Waals surface area contributed by atoms with E-state index in [0.29, 0.717) is 11.8 Å². The van der Waals surface area contributed by atoms with Gasteiger partial charge in [0.05, 0.1) is 0 Å². The van der Waals surface area contributed by atoms with E-state index in [1.165, 1.54) is 4.90 Å². The number of thioether (sulfide) groups is 1. The van der Waals surface area contributed by atoms with Gasteiger partial charge in [-0.3, -0.25) is 0 Å². The Morgan fingerprint density at radius 1 is 1.27 bits per heavy atom.